The number of hydrogen-bond donors (Lipinski definition) is 3. The molecular formula is C15H28O4. The molecule has 4 atom stereocenters. The molecule has 0 aliphatic rings. The van der Waals surface area contributed by atoms with E-state index in [2.05, 4.69) is 6.58 Å². The summed E-state index contributed by atoms with van der Waals surface area (Å²) < 4.78 is 0. The fourth-order valence-electron chi connectivity index (χ4n) is 2.28. The number of aliphatic hydroxyl groups is 3. The minimum absolute atomic E-state index is 0.0535. The maximum Gasteiger partial charge on any atom is 0.146 e. The Morgan fingerprint density at radius 1 is 1.32 bits per heavy atom. The predicted molar refractivity (Wildman–Crippen MR) is 75.6 cm³/mol. The van der Waals surface area contributed by atoms with Crippen molar-refractivity contribution in [1.82, 2.24) is 0 Å². The van der Waals surface area contributed by atoms with Crippen LogP contribution in [-0.2, 0) is 4.79 Å². The summed E-state index contributed by atoms with van der Waals surface area (Å²) >= 11 is 0. The van der Waals surface area contributed by atoms with Crippen molar-refractivity contribution in [3.05, 3.63) is 12.7 Å². The third-order valence-corrected chi connectivity index (χ3v) is 3.92. The lowest BCUT2D eigenvalue weighted by Crippen LogP contribution is -2.45. The third kappa shape index (κ3) is 4.71. The average molecular weight is 272 g/mol. The number of Topliss-reactive ketones (excluding diaryl/α,β-unsaturated/α-hetero) is 1. The van der Waals surface area contributed by atoms with E-state index in [4.69, 9.17) is 5.11 Å². The third-order valence-electron chi connectivity index (χ3n) is 3.92. The van der Waals surface area contributed by atoms with E-state index in [1.165, 1.54) is 0 Å². The fraction of sp³-hybridized carbons (Fsp3) is 0.800. The van der Waals surface area contributed by atoms with E-state index in [0.717, 1.165) is 0 Å². The zero-order valence-corrected chi connectivity index (χ0v) is 12.5. The molecule has 112 valence electrons. The predicted octanol–water partition coefficient (Wildman–Crippen LogP) is 1.53. The first-order valence-electron chi connectivity index (χ1n) is 6.82. The Kier molecular flexibility index (Phi) is 7.49. The first-order chi connectivity index (χ1) is 8.69. The molecule has 0 radical (unpaired) electrons. The minimum Gasteiger partial charge on any atom is -0.396 e. The van der Waals surface area contributed by atoms with Crippen LogP contribution in [0, 0.1) is 17.3 Å². The van der Waals surface area contributed by atoms with Gasteiger partial charge in [0.15, 0.2) is 0 Å². The van der Waals surface area contributed by atoms with E-state index >= 15 is 0 Å². The van der Waals surface area contributed by atoms with Crippen LogP contribution in [-0.4, -0.2) is 39.9 Å². The number of allylic oxidation sites excluding steroid dienone is 1. The molecule has 19 heavy (non-hydrogen) atoms. The Bertz CT molecular complexity index is 299. The van der Waals surface area contributed by atoms with Gasteiger partial charge in [-0.25, -0.2) is 0 Å². The molecule has 4 nitrogen and oxygen atoms in total. The summed E-state index contributed by atoms with van der Waals surface area (Å²) in [6.07, 6.45) is 0.847. The highest BCUT2D eigenvalue weighted by molar-refractivity contribution is 5.87. The zero-order chi connectivity index (χ0) is 15.2. The molecule has 0 aromatic rings. The molecule has 0 aliphatic carbocycles. The fourth-order valence-corrected chi connectivity index (χ4v) is 2.28. The second kappa shape index (κ2) is 7.78. The first-order valence-corrected chi connectivity index (χ1v) is 6.82. The lowest BCUT2D eigenvalue weighted by molar-refractivity contribution is -0.142. The number of carbonyl (C=O) groups is 1. The Balaban J connectivity index is 4.83. The highest BCUT2D eigenvalue weighted by Crippen LogP contribution is 2.30. The van der Waals surface area contributed by atoms with Crippen LogP contribution in [0.15, 0.2) is 12.7 Å². The molecule has 3 N–H and O–H groups in total. The van der Waals surface area contributed by atoms with Crippen LogP contribution < -0.4 is 0 Å². The molecule has 0 aromatic carbocycles. The van der Waals surface area contributed by atoms with Gasteiger partial charge >= 0.3 is 0 Å². The molecule has 0 rings (SSSR count). The van der Waals surface area contributed by atoms with Crippen molar-refractivity contribution in [1.29, 1.82) is 0 Å². The zero-order valence-electron chi connectivity index (χ0n) is 12.5. The SMILES string of the molecule is C=CCC(C)[C@H](O)C(C)C(=O)C(C)(C)C(O)CCO. The molecular weight excluding hydrogens is 244 g/mol. The molecule has 0 bridgehead atoms. The van der Waals surface area contributed by atoms with Gasteiger partial charge < -0.3 is 15.3 Å². The van der Waals surface area contributed by atoms with E-state index in [1.54, 1.807) is 26.8 Å². The van der Waals surface area contributed by atoms with Crippen LogP contribution in [0.3, 0.4) is 0 Å². The molecule has 0 fully saturated rings. The summed E-state index contributed by atoms with van der Waals surface area (Å²) in [6.45, 7) is 10.3. The molecule has 0 aliphatic heterocycles. The highest BCUT2D eigenvalue weighted by atomic mass is 16.3. The van der Waals surface area contributed by atoms with E-state index in [0.29, 0.717) is 6.42 Å². The summed E-state index contributed by atoms with van der Waals surface area (Å²) in [4.78, 5) is 12.4. The van der Waals surface area contributed by atoms with E-state index in [1.807, 2.05) is 6.92 Å². The van der Waals surface area contributed by atoms with Crippen molar-refractivity contribution in [2.75, 3.05) is 6.61 Å². The quantitative estimate of drug-likeness (QED) is 0.556. The molecule has 3 unspecified atom stereocenters. The second-order valence-corrected chi connectivity index (χ2v) is 5.89. The van der Waals surface area contributed by atoms with Gasteiger partial charge in [-0.3, -0.25) is 4.79 Å². The molecule has 0 saturated carbocycles. The van der Waals surface area contributed by atoms with E-state index in [-0.39, 0.29) is 24.7 Å². The standard InChI is InChI=1S/C15H28O4/c1-6-7-10(2)13(18)11(3)14(19)15(4,5)12(17)8-9-16/h6,10-13,16-18H,1,7-9H2,2-5H3/t10?,11?,12?,13-/m0/s1. The van der Waals surface area contributed by atoms with Crippen molar-refractivity contribution in [3.63, 3.8) is 0 Å². The minimum atomic E-state index is -0.975. The topological polar surface area (TPSA) is 77.8 Å². The van der Waals surface area contributed by atoms with Gasteiger partial charge in [0.2, 0.25) is 0 Å². The summed E-state index contributed by atoms with van der Waals surface area (Å²) in [5.41, 5.74) is -0.975. The number of ketones is 1. The number of hydrogen-bond acceptors (Lipinski definition) is 4. The Hall–Kier alpha value is -0.710. The highest BCUT2D eigenvalue weighted by Gasteiger charge is 2.40. The monoisotopic (exact) mass is 272 g/mol. The van der Waals surface area contributed by atoms with Crippen LogP contribution in [0.1, 0.15) is 40.5 Å². The smallest absolute Gasteiger partial charge is 0.146 e. The molecule has 0 spiro atoms. The summed E-state index contributed by atoms with van der Waals surface area (Å²) in [6, 6.07) is 0. The van der Waals surface area contributed by atoms with Crippen molar-refractivity contribution >= 4 is 5.78 Å². The average Bonchev–Trinajstić information content (AvgIpc) is 2.36. The molecule has 0 saturated heterocycles. The largest absolute Gasteiger partial charge is 0.396 e. The van der Waals surface area contributed by atoms with Crippen LogP contribution in [0.2, 0.25) is 0 Å². The van der Waals surface area contributed by atoms with Gasteiger partial charge in [-0.15, -0.1) is 6.58 Å². The van der Waals surface area contributed by atoms with Crippen molar-refractivity contribution in [2.45, 2.75) is 52.7 Å². The number of carbonyl (C=O) groups excluding carboxylic acids is 1. The summed E-state index contributed by atoms with van der Waals surface area (Å²) in [7, 11) is 0. The van der Waals surface area contributed by atoms with Crippen molar-refractivity contribution in [2.24, 2.45) is 17.3 Å². The van der Waals surface area contributed by atoms with Gasteiger partial charge in [-0.1, -0.05) is 33.8 Å². The Labute approximate surface area is 116 Å². The molecule has 0 heterocycles. The van der Waals surface area contributed by atoms with Crippen LogP contribution in [0.4, 0.5) is 0 Å². The maximum absolute atomic E-state index is 12.4. The number of rotatable bonds is 9. The van der Waals surface area contributed by atoms with Crippen molar-refractivity contribution < 1.29 is 20.1 Å². The van der Waals surface area contributed by atoms with Crippen LogP contribution >= 0.6 is 0 Å². The molecule has 4 heteroatoms. The van der Waals surface area contributed by atoms with Gasteiger partial charge in [0.05, 0.1) is 12.2 Å². The Morgan fingerprint density at radius 2 is 1.84 bits per heavy atom. The van der Waals surface area contributed by atoms with Gasteiger partial charge in [0, 0.05) is 17.9 Å². The van der Waals surface area contributed by atoms with Crippen molar-refractivity contribution in [3.8, 4) is 0 Å². The summed E-state index contributed by atoms with van der Waals surface area (Å²) in [5.74, 6) is -0.794. The van der Waals surface area contributed by atoms with Gasteiger partial charge in [-0.05, 0) is 18.8 Å². The second-order valence-electron chi connectivity index (χ2n) is 5.89. The number of aliphatic hydroxyl groups excluding tert-OH is 3. The Morgan fingerprint density at radius 3 is 2.26 bits per heavy atom. The molecule has 0 amide bonds. The summed E-state index contributed by atoms with van der Waals surface area (Å²) in [5, 5.41) is 29.0. The van der Waals surface area contributed by atoms with Gasteiger partial charge in [0.25, 0.3) is 0 Å². The van der Waals surface area contributed by atoms with Gasteiger partial charge in [-0.2, -0.15) is 0 Å². The van der Waals surface area contributed by atoms with E-state index in [9.17, 15) is 15.0 Å². The van der Waals surface area contributed by atoms with Gasteiger partial charge in [0.1, 0.15) is 5.78 Å². The van der Waals surface area contributed by atoms with E-state index < -0.39 is 23.5 Å². The normalized spacial score (nSPS) is 18.5. The van der Waals surface area contributed by atoms with Crippen LogP contribution in [0.25, 0.3) is 0 Å². The lowest BCUT2D eigenvalue weighted by atomic mass is 9.73. The maximum atomic E-state index is 12.4. The lowest BCUT2D eigenvalue weighted by Gasteiger charge is -2.34. The molecule has 0 aromatic heterocycles. The van der Waals surface area contributed by atoms with Crippen LogP contribution in [0.5, 0.6) is 0 Å². The first kappa shape index (κ1) is 18.3.